The third kappa shape index (κ3) is 8.71. The quantitative estimate of drug-likeness (QED) is 0.319. The molecule has 2 aromatic heterocycles. The normalized spacial score (nSPS) is 11.8. The molecule has 36 heavy (non-hydrogen) atoms. The Bertz CT molecular complexity index is 1260. The zero-order valence-corrected chi connectivity index (χ0v) is 21.6. The van der Waals surface area contributed by atoms with Gasteiger partial charge in [-0.3, -0.25) is 14.5 Å². The third-order valence-corrected chi connectivity index (χ3v) is 6.63. The topological polar surface area (TPSA) is 85.2 Å². The lowest BCUT2D eigenvalue weighted by Crippen LogP contribution is -2.35. The Labute approximate surface area is 212 Å². The molecule has 0 N–H and O–H groups in total. The van der Waals surface area contributed by atoms with Crippen LogP contribution >= 0.6 is 0 Å². The van der Waals surface area contributed by atoms with Crippen LogP contribution < -0.4 is 0 Å². The van der Waals surface area contributed by atoms with Crippen LogP contribution in [-0.2, 0) is 27.6 Å². The molecule has 0 atom stereocenters. The number of carbonyl (C=O) groups excluding carboxylic acids is 1. The van der Waals surface area contributed by atoms with Gasteiger partial charge in [0.2, 0.25) is 5.91 Å². The van der Waals surface area contributed by atoms with E-state index in [2.05, 4.69) is 4.98 Å². The summed E-state index contributed by atoms with van der Waals surface area (Å²) < 4.78 is 37.6. The van der Waals surface area contributed by atoms with Gasteiger partial charge in [-0.2, -0.15) is 5.10 Å². The number of rotatable bonds is 13. The summed E-state index contributed by atoms with van der Waals surface area (Å²) in [5.41, 5.74) is 3.44. The maximum atomic E-state index is 13.4. The van der Waals surface area contributed by atoms with Gasteiger partial charge in [-0.05, 0) is 55.2 Å². The summed E-state index contributed by atoms with van der Waals surface area (Å²) in [6.45, 7) is 3.30. The molecule has 0 bridgehead atoms. The van der Waals surface area contributed by atoms with E-state index in [1.807, 2.05) is 42.2 Å². The SMILES string of the molecule is CCCN(CC/C=C/CCS(C)(=O)=O)C(=O)Cn1nc(-c2ccncc2)cc1Cc1ccc(F)cc1. The van der Waals surface area contributed by atoms with Gasteiger partial charge in [-0.1, -0.05) is 31.2 Å². The van der Waals surface area contributed by atoms with Crippen molar-refractivity contribution in [2.45, 2.75) is 39.2 Å². The fourth-order valence-corrected chi connectivity index (χ4v) is 4.38. The zero-order chi connectivity index (χ0) is 26.0. The minimum absolute atomic E-state index is 0.0360. The number of halogens is 1. The second kappa shape index (κ2) is 13.1. The summed E-state index contributed by atoms with van der Waals surface area (Å²) in [5.74, 6) is -0.205. The second-order valence-corrected chi connectivity index (χ2v) is 11.0. The average molecular weight is 513 g/mol. The Hall–Kier alpha value is -3.33. The molecule has 192 valence electrons. The molecule has 0 spiro atoms. The monoisotopic (exact) mass is 512 g/mol. The Morgan fingerprint density at radius 2 is 1.75 bits per heavy atom. The Balaban J connectivity index is 1.73. The number of nitrogens with zero attached hydrogens (tertiary/aromatic N) is 4. The molecule has 0 saturated heterocycles. The van der Waals surface area contributed by atoms with Gasteiger partial charge in [-0.15, -0.1) is 0 Å². The molecule has 1 aromatic carbocycles. The highest BCUT2D eigenvalue weighted by molar-refractivity contribution is 7.90. The first-order valence-electron chi connectivity index (χ1n) is 12.1. The molecule has 9 heteroatoms. The van der Waals surface area contributed by atoms with Crippen LogP contribution in [-0.4, -0.2) is 59.1 Å². The largest absolute Gasteiger partial charge is 0.341 e. The number of hydrogen-bond acceptors (Lipinski definition) is 5. The Morgan fingerprint density at radius 3 is 2.42 bits per heavy atom. The van der Waals surface area contributed by atoms with E-state index in [0.717, 1.165) is 28.9 Å². The number of allylic oxidation sites excluding steroid dienone is 1. The van der Waals surface area contributed by atoms with Gasteiger partial charge < -0.3 is 4.90 Å². The second-order valence-electron chi connectivity index (χ2n) is 8.78. The predicted octanol–water partition coefficient (Wildman–Crippen LogP) is 4.29. The van der Waals surface area contributed by atoms with Crippen LogP contribution in [0.15, 0.2) is 67.0 Å². The van der Waals surface area contributed by atoms with E-state index < -0.39 is 9.84 Å². The summed E-state index contributed by atoms with van der Waals surface area (Å²) in [4.78, 5) is 19.1. The molecule has 0 aliphatic rings. The minimum Gasteiger partial charge on any atom is -0.341 e. The van der Waals surface area contributed by atoms with Crippen molar-refractivity contribution in [3.63, 3.8) is 0 Å². The van der Waals surface area contributed by atoms with Crippen LogP contribution in [0.4, 0.5) is 4.39 Å². The Kier molecular flexibility index (Phi) is 9.93. The van der Waals surface area contributed by atoms with Crippen molar-refractivity contribution in [1.82, 2.24) is 19.7 Å². The smallest absolute Gasteiger partial charge is 0.244 e. The maximum Gasteiger partial charge on any atom is 0.244 e. The summed E-state index contributed by atoms with van der Waals surface area (Å²) in [6.07, 6.45) is 10.9. The van der Waals surface area contributed by atoms with Crippen LogP contribution in [0.25, 0.3) is 11.3 Å². The number of amides is 1. The summed E-state index contributed by atoms with van der Waals surface area (Å²) in [6, 6.07) is 12.0. The van der Waals surface area contributed by atoms with Crippen LogP contribution in [0.2, 0.25) is 0 Å². The van der Waals surface area contributed by atoms with Gasteiger partial charge in [0.1, 0.15) is 22.2 Å². The molecule has 0 saturated carbocycles. The van der Waals surface area contributed by atoms with Crippen molar-refractivity contribution in [3.05, 3.63) is 84.1 Å². The molecule has 7 nitrogen and oxygen atoms in total. The molecule has 0 aliphatic heterocycles. The highest BCUT2D eigenvalue weighted by Crippen LogP contribution is 2.21. The van der Waals surface area contributed by atoms with E-state index >= 15 is 0 Å². The fourth-order valence-electron chi connectivity index (χ4n) is 3.82. The molecule has 1 amide bonds. The standard InChI is InChI=1S/C27H33FN4O3S/c1-3-16-31(17-6-4-5-7-18-36(2,34)35)27(33)21-32-25(19-22-8-10-24(28)11-9-22)20-26(30-32)23-12-14-29-15-13-23/h4-5,8-15,20H,3,6-7,16-19,21H2,1-2H3/b5-4+. The van der Waals surface area contributed by atoms with E-state index in [4.69, 9.17) is 5.10 Å². The molecule has 0 fully saturated rings. The van der Waals surface area contributed by atoms with E-state index in [1.165, 1.54) is 18.4 Å². The molecular weight excluding hydrogens is 479 g/mol. The maximum absolute atomic E-state index is 13.4. The van der Waals surface area contributed by atoms with Gasteiger partial charge in [0.05, 0.1) is 11.4 Å². The molecular formula is C27H33FN4O3S. The molecule has 3 rings (SSSR count). The van der Waals surface area contributed by atoms with Crippen molar-refractivity contribution >= 4 is 15.7 Å². The third-order valence-electron chi connectivity index (χ3n) is 5.66. The number of hydrogen-bond donors (Lipinski definition) is 0. The lowest BCUT2D eigenvalue weighted by atomic mass is 10.1. The Morgan fingerprint density at radius 1 is 1.06 bits per heavy atom. The highest BCUT2D eigenvalue weighted by atomic mass is 32.2. The van der Waals surface area contributed by atoms with E-state index in [1.54, 1.807) is 29.2 Å². The van der Waals surface area contributed by atoms with E-state index in [-0.39, 0.29) is 24.0 Å². The zero-order valence-electron chi connectivity index (χ0n) is 20.8. The lowest BCUT2D eigenvalue weighted by molar-refractivity contribution is -0.132. The number of carbonyl (C=O) groups is 1. The van der Waals surface area contributed by atoms with Crippen LogP contribution in [0.3, 0.4) is 0 Å². The van der Waals surface area contributed by atoms with Crippen LogP contribution in [0.5, 0.6) is 0 Å². The van der Waals surface area contributed by atoms with E-state index in [0.29, 0.717) is 32.4 Å². The first-order chi connectivity index (χ1) is 17.2. The highest BCUT2D eigenvalue weighted by Gasteiger charge is 2.17. The number of pyridine rings is 1. The van der Waals surface area contributed by atoms with Gasteiger partial charge >= 0.3 is 0 Å². The van der Waals surface area contributed by atoms with Gasteiger partial charge in [-0.25, -0.2) is 12.8 Å². The first kappa shape index (κ1) is 27.3. The number of benzene rings is 1. The van der Waals surface area contributed by atoms with Gasteiger partial charge in [0.25, 0.3) is 0 Å². The minimum atomic E-state index is -2.98. The van der Waals surface area contributed by atoms with Crippen molar-refractivity contribution < 1.29 is 17.6 Å². The van der Waals surface area contributed by atoms with Crippen molar-refractivity contribution in [1.29, 1.82) is 0 Å². The van der Waals surface area contributed by atoms with E-state index in [9.17, 15) is 17.6 Å². The number of sulfone groups is 1. The van der Waals surface area contributed by atoms with Crippen LogP contribution in [0, 0.1) is 5.82 Å². The molecule has 3 aromatic rings. The summed E-state index contributed by atoms with van der Waals surface area (Å²) in [5, 5.41) is 4.72. The molecule has 0 radical (unpaired) electrons. The van der Waals surface area contributed by atoms with Crippen molar-refractivity contribution in [2.24, 2.45) is 0 Å². The van der Waals surface area contributed by atoms with Gasteiger partial charge in [0, 0.05) is 49.4 Å². The van der Waals surface area contributed by atoms with Crippen LogP contribution in [0.1, 0.15) is 37.4 Å². The molecule has 0 unspecified atom stereocenters. The van der Waals surface area contributed by atoms with Crippen molar-refractivity contribution in [2.75, 3.05) is 25.1 Å². The molecule has 2 heterocycles. The van der Waals surface area contributed by atoms with Crippen molar-refractivity contribution in [3.8, 4) is 11.3 Å². The first-order valence-corrected chi connectivity index (χ1v) is 14.1. The molecule has 0 aliphatic carbocycles. The predicted molar refractivity (Wildman–Crippen MR) is 140 cm³/mol. The number of aromatic nitrogens is 3. The summed E-state index contributed by atoms with van der Waals surface area (Å²) >= 11 is 0. The lowest BCUT2D eigenvalue weighted by Gasteiger charge is -2.22. The fraction of sp³-hybridized carbons (Fsp3) is 0.370. The summed E-state index contributed by atoms with van der Waals surface area (Å²) in [7, 11) is -2.98. The van der Waals surface area contributed by atoms with Gasteiger partial charge in [0.15, 0.2) is 0 Å². The average Bonchev–Trinajstić information content (AvgIpc) is 3.24.